The lowest BCUT2D eigenvalue weighted by Crippen LogP contribution is -2.50. The van der Waals surface area contributed by atoms with Crippen molar-refractivity contribution in [1.29, 1.82) is 0 Å². The number of carbonyl (C=O) groups is 1. The lowest BCUT2D eigenvalue weighted by atomic mass is 10.1. The van der Waals surface area contributed by atoms with Gasteiger partial charge < -0.3 is 4.90 Å². The zero-order chi connectivity index (χ0) is 14.8. The number of amides is 1. The molecule has 1 saturated heterocycles. The quantitative estimate of drug-likeness (QED) is 0.440. The van der Waals surface area contributed by atoms with Gasteiger partial charge in [0.25, 0.3) is 0 Å². The second-order valence-electron chi connectivity index (χ2n) is 5.08. The summed E-state index contributed by atoms with van der Waals surface area (Å²) in [5.41, 5.74) is 2.17. The number of hydrogen-bond acceptors (Lipinski definition) is 5. The molecule has 3 rings (SSSR count). The molecule has 0 spiro atoms. The maximum atomic E-state index is 11.7. The van der Waals surface area contributed by atoms with Crippen LogP contribution in [-0.4, -0.2) is 27.7 Å². The monoisotopic (exact) mass is 336 g/mol. The number of benzene rings is 1. The number of β-lactam (4-membered cyclic amide) rings is 1. The molecular weight excluding hydrogens is 320 g/mol. The van der Waals surface area contributed by atoms with Crippen LogP contribution in [0.3, 0.4) is 0 Å². The molecule has 1 fully saturated rings. The third kappa shape index (κ3) is 3.44. The third-order valence-electron chi connectivity index (χ3n) is 3.30. The maximum absolute atomic E-state index is 11.7. The smallest absolute Gasteiger partial charge is 0.226 e. The minimum Gasteiger partial charge on any atom is -0.329 e. The summed E-state index contributed by atoms with van der Waals surface area (Å²) in [6.45, 7) is 6.68. The van der Waals surface area contributed by atoms with E-state index in [2.05, 4.69) is 17.6 Å². The van der Waals surface area contributed by atoms with Crippen molar-refractivity contribution in [3.63, 3.8) is 0 Å². The van der Waals surface area contributed by atoms with E-state index in [0.717, 1.165) is 28.4 Å². The molecule has 110 valence electrons. The molecule has 0 bridgehead atoms. The average molecular weight is 337 g/mol. The number of nitrogens with zero attached hydrogens (tertiary/aromatic N) is 2. The summed E-state index contributed by atoms with van der Waals surface area (Å²) in [5.74, 6) is 0.249. The molecule has 1 atom stereocenters. The summed E-state index contributed by atoms with van der Waals surface area (Å²) < 4.78 is 2.27. The van der Waals surface area contributed by atoms with Crippen molar-refractivity contribution in [2.75, 3.05) is 6.54 Å². The maximum Gasteiger partial charge on any atom is 0.226 e. The first-order valence-corrected chi connectivity index (χ1v) is 9.79. The number of rotatable bonds is 6. The van der Waals surface area contributed by atoms with Gasteiger partial charge in [-0.1, -0.05) is 28.5 Å². The van der Waals surface area contributed by atoms with E-state index < -0.39 is 0 Å². The van der Waals surface area contributed by atoms with Gasteiger partial charge in [-0.2, -0.15) is 0 Å². The van der Waals surface area contributed by atoms with E-state index in [-0.39, 0.29) is 11.3 Å². The molecule has 2 heterocycles. The Hall–Kier alpha value is -0.980. The van der Waals surface area contributed by atoms with E-state index >= 15 is 0 Å². The predicted molar refractivity (Wildman–Crippen MR) is 92.6 cm³/mol. The molecular formula is C15H16N2OS3. The molecule has 2 aromatic rings. The predicted octanol–water partition coefficient (Wildman–Crippen LogP) is 4.56. The summed E-state index contributed by atoms with van der Waals surface area (Å²) in [6, 6.07) is 8.17. The van der Waals surface area contributed by atoms with E-state index in [1.54, 1.807) is 32.9 Å². The molecule has 0 N–H and O–H groups in total. The highest BCUT2D eigenvalue weighted by molar-refractivity contribution is 8.77. The molecule has 0 aliphatic carbocycles. The largest absolute Gasteiger partial charge is 0.329 e. The Morgan fingerprint density at radius 3 is 3.05 bits per heavy atom. The molecule has 21 heavy (non-hydrogen) atoms. The number of aromatic nitrogens is 1. The first kappa shape index (κ1) is 14.9. The van der Waals surface area contributed by atoms with E-state index in [4.69, 9.17) is 0 Å². The Balaban J connectivity index is 1.57. The van der Waals surface area contributed by atoms with Crippen molar-refractivity contribution < 1.29 is 4.79 Å². The van der Waals surface area contributed by atoms with Crippen molar-refractivity contribution >= 4 is 49.0 Å². The fourth-order valence-electron chi connectivity index (χ4n) is 2.07. The van der Waals surface area contributed by atoms with Crippen LogP contribution >= 0.6 is 32.9 Å². The molecule has 1 amide bonds. The Kier molecular flexibility index (Phi) is 4.57. The van der Waals surface area contributed by atoms with Gasteiger partial charge in [-0.15, -0.1) is 17.9 Å². The van der Waals surface area contributed by atoms with Crippen LogP contribution in [0.15, 0.2) is 40.8 Å². The topological polar surface area (TPSA) is 33.2 Å². The van der Waals surface area contributed by atoms with Crippen molar-refractivity contribution in [3.05, 3.63) is 36.4 Å². The summed E-state index contributed by atoms with van der Waals surface area (Å²) >= 11 is 1.71. The Morgan fingerprint density at radius 1 is 1.52 bits per heavy atom. The second-order valence-corrected chi connectivity index (χ2v) is 8.74. The number of para-hydroxylation sites is 1. The van der Waals surface area contributed by atoms with Crippen LogP contribution in [0.5, 0.6) is 0 Å². The minimum atomic E-state index is 0.249. The number of fused-ring (bicyclic) bond motifs is 1. The van der Waals surface area contributed by atoms with Crippen molar-refractivity contribution in [1.82, 2.24) is 9.88 Å². The molecule has 6 heteroatoms. The molecule has 1 aromatic heterocycles. The lowest BCUT2D eigenvalue weighted by Gasteiger charge is -2.39. The van der Waals surface area contributed by atoms with Crippen LogP contribution in [0.4, 0.5) is 0 Å². The van der Waals surface area contributed by atoms with E-state index in [0.29, 0.717) is 6.42 Å². The van der Waals surface area contributed by atoms with Gasteiger partial charge in [-0.05, 0) is 36.3 Å². The van der Waals surface area contributed by atoms with Crippen LogP contribution in [0, 0.1) is 0 Å². The van der Waals surface area contributed by atoms with Crippen LogP contribution in [0.2, 0.25) is 0 Å². The number of carbonyl (C=O) groups excluding carboxylic acids is 1. The summed E-state index contributed by atoms with van der Waals surface area (Å²) in [6.07, 6.45) is 1.52. The summed E-state index contributed by atoms with van der Waals surface area (Å²) in [5, 5.41) is 0.272. The van der Waals surface area contributed by atoms with Gasteiger partial charge in [-0.3, -0.25) is 4.79 Å². The molecule has 1 aliphatic rings. The van der Waals surface area contributed by atoms with E-state index in [1.807, 2.05) is 30.0 Å². The van der Waals surface area contributed by atoms with Crippen LogP contribution < -0.4 is 0 Å². The molecule has 0 saturated carbocycles. The zero-order valence-electron chi connectivity index (χ0n) is 11.7. The van der Waals surface area contributed by atoms with Crippen LogP contribution in [-0.2, 0) is 4.79 Å². The Bertz CT molecular complexity index is 649. The molecule has 0 radical (unpaired) electrons. The molecule has 3 nitrogen and oxygen atoms in total. The highest BCUT2D eigenvalue weighted by atomic mass is 33.1. The molecule has 1 unspecified atom stereocenters. The SMILES string of the molecule is C=C(C)CCN1C(=O)CC1SSc1nc2ccccc2s1. The molecule has 1 aromatic carbocycles. The highest BCUT2D eigenvalue weighted by Gasteiger charge is 2.36. The Labute approximate surface area is 136 Å². The first-order chi connectivity index (χ1) is 10.1. The number of likely N-dealkylation sites (tertiary alicyclic amines) is 1. The highest BCUT2D eigenvalue weighted by Crippen LogP contribution is 2.43. The standard InChI is InChI=1S/C15H16N2OS3/c1-10(2)7-8-17-13(18)9-14(17)20-21-15-16-11-5-3-4-6-12(11)19-15/h3-6,14H,1,7-9H2,2H3. The number of thiazole rings is 1. The first-order valence-electron chi connectivity index (χ1n) is 6.76. The average Bonchev–Trinajstić information content (AvgIpc) is 2.85. The van der Waals surface area contributed by atoms with Crippen molar-refractivity contribution in [2.24, 2.45) is 0 Å². The van der Waals surface area contributed by atoms with Crippen LogP contribution in [0.25, 0.3) is 10.2 Å². The van der Waals surface area contributed by atoms with Crippen molar-refractivity contribution in [2.45, 2.75) is 29.5 Å². The van der Waals surface area contributed by atoms with Gasteiger partial charge in [0.2, 0.25) is 5.91 Å². The van der Waals surface area contributed by atoms with Crippen LogP contribution in [0.1, 0.15) is 19.8 Å². The van der Waals surface area contributed by atoms with Gasteiger partial charge in [0.05, 0.1) is 22.0 Å². The summed E-state index contributed by atoms with van der Waals surface area (Å²) in [7, 11) is 3.41. The minimum absolute atomic E-state index is 0.249. The normalized spacial score (nSPS) is 18.0. The zero-order valence-corrected chi connectivity index (χ0v) is 14.2. The van der Waals surface area contributed by atoms with Crippen molar-refractivity contribution in [3.8, 4) is 0 Å². The lowest BCUT2D eigenvalue weighted by molar-refractivity contribution is -0.141. The molecule has 1 aliphatic heterocycles. The summed E-state index contributed by atoms with van der Waals surface area (Å²) in [4.78, 5) is 18.2. The Morgan fingerprint density at radius 2 is 2.33 bits per heavy atom. The van der Waals surface area contributed by atoms with Gasteiger partial charge in [0.15, 0.2) is 4.34 Å². The van der Waals surface area contributed by atoms with Gasteiger partial charge in [-0.25, -0.2) is 4.98 Å². The van der Waals surface area contributed by atoms with Gasteiger partial charge >= 0.3 is 0 Å². The fourth-order valence-corrected chi connectivity index (χ4v) is 5.91. The number of hydrogen-bond donors (Lipinski definition) is 0. The second kappa shape index (κ2) is 6.42. The van der Waals surface area contributed by atoms with E-state index in [1.165, 1.54) is 4.70 Å². The fraction of sp³-hybridized carbons (Fsp3) is 0.333. The van der Waals surface area contributed by atoms with Gasteiger partial charge in [0, 0.05) is 6.54 Å². The van der Waals surface area contributed by atoms with Gasteiger partial charge in [0.1, 0.15) is 0 Å². The third-order valence-corrected chi connectivity index (χ3v) is 7.35. The van der Waals surface area contributed by atoms with E-state index in [9.17, 15) is 4.79 Å².